The Labute approximate surface area is 189 Å². The van der Waals surface area contributed by atoms with Crippen LogP contribution < -0.4 is 5.32 Å². The zero-order chi connectivity index (χ0) is 23.5. The zero-order valence-corrected chi connectivity index (χ0v) is 19.6. The van der Waals surface area contributed by atoms with Crippen molar-refractivity contribution in [3.63, 3.8) is 0 Å². The molecule has 2 unspecified atom stereocenters. The van der Waals surface area contributed by atoms with Crippen LogP contribution in [0.3, 0.4) is 0 Å². The van der Waals surface area contributed by atoms with Crippen molar-refractivity contribution in [1.82, 2.24) is 14.5 Å². The number of carbonyl (C=O) groups excluding carboxylic acids is 2. The fraction of sp³-hybridized carbons (Fsp3) is 0.391. The Morgan fingerprint density at radius 2 is 1.66 bits per heavy atom. The van der Waals surface area contributed by atoms with Gasteiger partial charge >= 0.3 is 0 Å². The van der Waals surface area contributed by atoms with Crippen LogP contribution in [0.1, 0.15) is 40.1 Å². The van der Waals surface area contributed by atoms with E-state index in [0.717, 1.165) is 9.87 Å². The topological polar surface area (TPSA) is 96.0 Å². The van der Waals surface area contributed by atoms with Gasteiger partial charge in [0.1, 0.15) is 0 Å². The second-order valence-corrected chi connectivity index (χ2v) is 10.3. The maximum absolute atomic E-state index is 12.8. The van der Waals surface area contributed by atoms with Crippen molar-refractivity contribution in [2.45, 2.75) is 37.5 Å². The van der Waals surface area contributed by atoms with Crippen molar-refractivity contribution < 1.29 is 22.7 Å². The third kappa shape index (κ3) is 5.53. The molecule has 1 saturated heterocycles. The third-order valence-electron chi connectivity index (χ3n) is 5.24. The van der Waals surface area contributed by atoms with Gasteiger partial charge in [0.15, 0.2) is 0 Å². The van der Waals surface area contributed by atoms with Gasteiger partial charge in [-0.1, -0.05) is 18.2 Å². The maximum Gasteiger partial charge on any atom is 0.254 e. The molecule has 172 valence electrons. The predicted molar refractivity (Wildman–Crippen MR) is 121 cm³/mol. The molecule has 0 aromatic heterocycles. The molecule has 2 amide bonds. The van der Waals surface area contributed by atoms with Gasteiger partial charge in [-0.25, -0.2) is 12.7 Å². The summed E-state index contributed by atoms with van der Waals surface area (Å²) < 4.78 is 31.3. The SMILES string of the molecule is CC1CN(C(=O)c2ccc(CNC(=O)c3cccc(S(=O)(=O)N(C)C)c3)cc2)CC(C)O1. The van der Waals surface area contributed by atoms with Gasteiger partial charge in [0.2, 0.25) is 10.0 Å². The number of rotatable bonds is 6. The number of ether oxygens (including phenoxy) is 1. The van der Waals surface area contributed by atoms with E-state index < -0.39 is 10.0 Å². The van der Waals surface area contributed by atoms with Gasteiger partial charge in [-0.3, -0.25) is 9.59 Å². The lowest BCUT2D eigenvalue weighted by atomic mass is 10.1. The molecule has 8 nitrogen and oxygen atoms in total. The molecule has 0 aliphatic carbocycles. The van der Waals surface area contributed by atoms with Crippen molar-refractivity contribution >= 4 is 21.8 Å². The number of morpholine rings is 1. The van der Waals surface area contributed by atoms with Crippen LogP contribution in [-0.4, -0.2) is 68.8 Å². The first-order valence-electron chi connectivity index (χ1n) is 10.4. The number of benzene rings is 2. The Hall–Kier alpha value is -2.75. The monoisotopic (exact) mass is 459 g/mol. The largest absolute Gasteiger partial charge is 0.372 e. The standard InChI is InChI=1S/C23H29N3O5S/c1-16-14-26(15-17(2)31-16)23(28)19-10-8-18(9-11-19)13-24-22(27)20-6-5-7-21(12-20)32(29,30)25(3)4/h5-12,16-17H,13-15H2,1-4H3,(H,24,27). The summed E-state index contributed by atoms with van der Waals surface area (Å²) >= 11 is 0. The number of carbonyl (C=O) groups is 2. The Morgan fingerprint density at radius 1 is 1.03 bits per heavy atom. The van der Waals surface area contributed by atoms with E-state index in [4.69, 9.17) is 4.74 Å². The molecule has 0 bridgehead atoms. The van der Waals surface area contributed by atoms with Gasteiger partial charge in [-0.05, 0) is 49.7 Å². The molecule has 2 atom stereocenters. The van der Waals surface area contributed by atoms with Gasteiger partial charge in [-0.15, -0.1) is 0 Å². The molecule has 0 radical (unpaired) electrons. The first-order valence-corrected chi connectivity index (χ1v) is 11.9. The van der Waals surface area contributed by atoms with E-state index in [1.54, 1.807) is 41.3 Å². The molecule has 3 rings (SSSR count). The van der Waals surface area contributed by atoms with Crippen LogP contribution in [-0.2, 0) is 21.3 Å². The Morgan fingerprint density at radius 3 is 2.25 bits per heavy atom. The highest BCUT2D eigenvalue weighted by Crippen LogP contribution is 2.16. The molecule has 1 heterocycles. The number of amides is 2. The lowest BCUT2D eigenvalue weighted by Gasteiger charge is -2.35. The van der Waals surface area contributed by atoms with E-state index in [-0.39, 0.29) is 41.0 Å². The average Bonchev–Trinajstić information content (AvgIpc) is 2.76. The summed E-state index contributed by atoms with van der Waals surface area (Å²) in [7, 11) is -0.737. The second kappa shape index (κ2) is 9.81. The van der Waals surface area contributed by atoms with Crippen LogP contribution in [0.25, 0.3) is 0 Å². The van der Waals surface area contributed by atoms with Crippen molar-refractivity contribution in [2.75, 3.05) is 27.2 Å². The van der Waals surface area contributed by atoms with E-state index >= 15 is 0 Å². The van der Waals surface area contributed by atoms with Crippen molar-refractivity contribution in [1.29, 1.82) is 0 Å². The van der Waals surface area contributed by atoms with Gasteiger partial charge in [0, 0.05) is 44.9 Å². The fourth-order valence-electron chi connectivity index (χ4n) is 3.58. The van der Waals surface area contributed by atoms with Gasteiger partial charge in [0.25, 0.3) is 11.8 Å². The summed E-state index contributed by atoms with van der Waals surface area (Å²) in [6, 6.07) is 13.0. The highest BCUT2D eigenvalue weighted by Gasteiger charge is 2.26. The number of sulfonamides is 1. The summed E-state index contributed by atoms with van der Waals surface area (Å²) in [5, 5.41) is 2.79. The molecular formula is C23H29N3O5S. The lowest BCUT2D eigenvalue weighted by Crippen LogP contribution is -2.48. The summed E-state index contributed by atoms with van der Waals surface area (Å²) in [5.74, 6) is -0.418. The lowest BCUT2D eigenvalue weighted by molar-refractivity contribution is -0.0586. The summed E-state index contributed by atoms with van der Waals surface area (Å²) in [6.45, 7) is 5.28. The van der Waals surface area contributed by atoms with E-state index in [1.807, 2.05) is 13.8 Å². The van der Waals surface area contributed by atoms with Crippen molar-refractivity contribution in [3.05, 3.63) is 65.2 Å². The van der Waals surface area contributed by atoms with Crippen LogP contribution in [0.5, 0.6) is 0 Å². The minimum absolute atomic E-state index is 0.00315. The Balaban J connectivity index is 1.62. The van der Waals surface area contributed by atoms with Crippen LogP contribution in [0.2, 0.25) is 0 Å². The first-order chi connectivity index (χ1) is 15.1. The Kier molecular flexibility index (Phi) is 7.33. The van der Waals surface area contributed by atoms with Crippen molar-refractivity contribution in [3.8, 4) is 0 Å². The van der Waals surface area contributed by atoms with Crippen LogP contribution >= 0.6 is 0 Å². The van der Waals surface area contributed by atoms with Crippen LogP contribution in [0.15, 0.2) is 53.4 Å². The fourth-order valence-corrected chi connectivity index (χ4v) is 4.53. The highest BCUT2D eigenvalue weighted by atomic mass is 32.2. The molecule has 1 N–H and O–H groups in total. The maximum atomic E-state index is 12.8. The quantitative estimate of drug-likeness (QED) is 0.714. The van der Waals surface area contributed by atoms with Gasteiger partial charge in [0.05, 0.1) is 17.1 Å². The number of hydrogen-bond donors (Lipinski definition) is 1. The zero-order valence-electron chi connectivity index (χ0n) is 18.7. The minimum Gasteiger partial charge on any atom is -0.372 e. The smallest absolute Gasteiger partial charge is 0.254 e. The summed E-state index contributed by atoms with van der Waals surface area (Å²) in [5.41, 5.74) is 1.67. The van der Waals surface area contributed by atoms with E-state index in [2.05, 4.69) is 5.32 Å². The van der Waals surface area contributed by atoms with Crippen LogP contribution in [0.4, 0.5) is 0 Å². The molecule has 0 spiro atoms. The average molecular weight is 460 g/mol. The molecule has 1 aliphatic heterocycles. The molecule has 1 fully saturated rings. The molecule has 2 aromatic carbocycles. The molecule has 32 heavy (non-hydrogen) atoms. The third-order valence-corrected chi connectivity index (χ3v) is 7.05. The summed E-state index contributed by atoms with van der Waals surface area (Å²) in [6.07, 6.45) is 0.00630. The van der Waals surface area contributed by atoms with E-state index in [0.29, 0.717) is 18.7 Å². The highest BCUT2D eigenvalue weighted by molar-refractivity contribution is 7.89. The minimum atomic E-state index is -3.62. The van der Waals surface area contributed by atoms with Gasteiger partial charge < -0.3 is 15.0 Å². The van der Waals surface area contributed by atoms with E-state index in [9.17, 15) is 18.0 Å². The number of nitrogens with one attached hydrogen (secondary N) is 1. The first kappa shape index (κ1) is 23.9. The summed E-state index contributed by atoms with van der Waals surface area (Å²) in [4.78, 5) is 27.1. The second-order valence-electron chi connectivity index (χ2n) is 8.16. The Bertz CT molecular complexity index is 1070. The van der Waals surface area contributed by atoms with E-state index in [1.165, 1.54) is 26.2 Å². The number of hydrogen-bond acceptors (Lipinski definition) is 5. The van der Waals surface area contributed by atoms with Crippen molar-refractivity contribution in [2.24, 2.45) is 0 Å². The molecule has 1 aliphatic rings. The van der Waals surface area contributed by atoms with Gasteiger partial charge in [-0.2, -0.15) is 0 Å². The molecule has 9 heteroatoms. The molecule has 2 aromatic rings. The normalized spacial score (nSPS) is 19.1. The predicted octanol–water partition coefficient (Wildman–Crippen LogP) is 2.12. The molecule has 0 saturated carbocycles. The molecular weight excluding hydrogens is 430 g/mol. The number of nitrogens with zero attached hydrogens (tertiary/aromatic N) is 2. The van der Waals surface area contributed by atoms with Crippen LogP contribution in [0, 0.1) is 0 Å².